The molecule has 0 unspecified atom stereocenters. The molecule has 0 heterocycles. The zero-order valence-corrected chi connectivity index (χ0v) is 15.8. The average Bonchev–Trinajstić information content (AvgIpc) is 2.72. The van der Waals surface area contributed by atoms with Gasteiger partial charge in [0.15, 0.2) is 24.2 Å². The van der Waals surface area contributed by atoms with Gasteiger partial charge in [-0.25, -0.2) is 9.18 Å². The van der Waals surface area contributed by atoms with Crippen LogP contribution >= 0.6 is 0 Å². The van der Waals surface area contributed by atoms with E-state index in [2.05, 4.69) is 5.32 Å². The molecule has 0 spiro atoms. The van der Waals surface area contributed by atoms with Crippen molar-refractivity contribution in [3.63, 3.8) is 0 Å². The second-order valence-electron chi connectivity index (χ2n) is 5.74. The number of esters is 1. The summed E-state index contributed by atoms with van der Waals surface area (Å²) in [6.07, 6.45) is 1.50. The molecule has 29 heavy (non-hydrogen) atoms. The van der Waals surface area contributed by atoms with E-state index in [9.17, 15) is 14.0 Å². The molecular formula is C21H19FN2O5. The van der Waals surface area contributed by atoms with Crippen molar-refractivity contribution in [2.75, 3.05) is 19.0 Å². The number of halogens is 1. The van der Waals surface area contributed by atoms with Crippen molar-refractivity contribution in [3.05, 3.63) is 59.9 Å². The predicted molar refractivity (Wildman–Crippen MR) is 104 cm³/mol. The molecule has 0 aliphatic heterocycles. The Morgan fingerprint density at radius 2 is 2.00 bits per heavy atom. The van der Waals surface area contributed by atoms with Crippen molar-refractivity contribution in [2.24, 2.45) is 0 Å². The number of nitrogens with zero attached hydrogens (tertiary/aromatic N) is 1. The minimum Gasteiger partial charge on any atom is -0.493 e. The molecule has 1 atom stereocenters. The standard InChI is InChI=1S/C21H19FN2O5/c1-14(21(26)24-17-6-4-3-5-16(17)22)29-20(25)10-8-15-7-9-18(28-12-11-23)19(13-15)27-2/h3-10,13-14H,12H2,1-2H3,(H,24,26)/b10-8+/t14-/m1/s1. The Labute approximate surface area is 167 Å². The van der Waals surface area contributed by atoms with Crippen LogP contribution in [-0.2, 0) is 14.3 Å². The molecule has 7 nitrogen and oxygen atoms in total. The van der Waals surface area contributed by atoms with E-state index in [-0.39, 0.29) is 12.3 Å². The number of ether oxygens (including phenoxy) is 3. The largest absolute Gasteiger partial charge is 0.493 e. The number of rotatable bonds is 8. The van der Waals surface area contributed by atoms with Gasteiger partial charge in [0.2, 0.25) is 0 Å². The maximum Gasteiger partial charge on any atom is 0.331 e. The summed E-state index contributed by atoms with van der Waals surface area (Å²) >= 11 is 0. The SMILES string of the molecule is COc1cc(/C=C/C(=O)O[C@H](C)C(=O)Nc2ccccc2F)ccc1OCC#N. The van der Waals surface area contributed by atoms with Gasteiger partial charge in [-0.05, 0) is 42.8 Å². The van der Waals surface area contributed by atoms with E-state index >= 15 is 0 Å². The van der Waals surface area contributed by atoms with Crippen molar-refractivity contribution < 1.29 is 28.2 Å². The minimum atomic E-state index is -1.12. The van der Waals surface area contributed by atoms with E-state index in [1.165, 1.54) is 38.3 Å². The van der Waals surface area contributed by atoms with Crippen LogP contribution < -0.4 is 14.8 Å². The van der Waals surface area contributed by atoms with Gasteiger partial charge in [0, 0.05) is 6.08 Å². The Morgan fingerprint density at radius 1 is 1.24 bits per heavy atom. The minimum absolute atomic E-state index is 0.00161. The Morgan fingerprint density at radius 3 is 2.69 bits per heavy atom. The quantitative estimate of drug-likeness (QED) is 0.541. The number of nitriles is 1. The van der Waals surface area contributed by atoms with Gasteiger partial charge in [-0.1, -0.05) is 18.2 Å². The molecule has 0 radical (unpaired) electrons. The van der Waals surface area contributed by atoms with E-state index in [1.54, 1.807) is 24.3 Å². The average molecular weight is 398 g/mol. The van der Waals surface area contributed by atoms with Gasteiger partial charge < -0.3 is 19.5 Å². The molecule has 0 aliphatic rings. The van der Waals surface area contributed by atoms with Crippen LogP contribution in [-0.4, -0.2) is 31.7 Å². The fraction of sp³-hybridized carbons (Fsp3) is 0.190. The summed E-state index contributed by atoms with van der Waals surface area (Å²) in [4.78, 5) is 24.0. The van der Waals surface area contributed by atoms with Crippen molar-refractivity contribution in [1.82, 2.24) is 0 Å². The Kier molecular flexibility index (Phi) is 7.74. The first kappa shape index (κ1) is 21.4. The van der Waals surface area contributed by atoms with Crippen molar-refractivity contribution in [2.45, 2.75) is 13.0 Å². The molecule has 2 aromatic carbocycles. The van der Waals surface area contributed by atoms with E-state index in [0.717, 1.165) is 6.08 Å². The van der Waals surface area contributed by atoms with Gasteiger partial charge >= 0.3 is 5.97 Å². The first-order chi connectivity index (χ1) is 13.9. The van der Waals surface area contributed by atoms with Crippen LogP contribution in [0.25, 0.3) is 6.08 Å². The number of methoxy groups -OCH3 is 1. The van der Waals surface area contributed by atoms with Gasteiger partial charge in [0.05, 0.1) is 12.8 Å². The van der Waals surface area contributed by atoms with Crippen LogP contribution in [0.4, 0.5) is 10.1 Å². The van der Waals surface area contributed by atoms with E-state index in [4.69, 9.17) is 19.5 Å². The molecule has 0 aromatic heterocycles. The number of para-hydroxylation sites is 1. The lowest BCUT2D eigenvalue weighted by Crippen LogP contribution is -2.29. The molecule has 0 saturated carbocycles. The number of nitrogens with one attached hydrogen (secondary N) is 1. The first-order valence-electron chi connectivity index (χ1n) is 8.56. The summed E-state index contributed by atoms with van der Waals surface area (Å²) in [7, 11) is 1.45. The highest BCUT2D eigenvalue weighted by molar-refractivity contribution is 5.96. The zero-order valence-electron chi connectivity index (χ0n) is 15.8. The van der Waals surface area contributed by atoms with Gasteiger partial charge in [-0.15, -0.1) is 0 Å². The third kappa shape index (κ3) is 6.36. The highest BCUT2D eigenvalue weighted by atomic mass is 19.1. The van der Waals surface area contributed by atoms with Gasteiger partial charge in [0.25, 0.3) is 5.91 Å². The zero-order chi connectivity index (χ0) is 21.2. The highest BCUT2D eigenvalue weighted by Gasteiger charge is 2.18. The van der Waals surface area contributed by atoms with Crippen LogP contribution in [0.2, 0.25) is 0 Å². The lowest BCUT2D eigenvalue weighted by Gasteiger charge is -2.12. The lowest BCUT2D eigenvalue weighted by molar-refractivity contribution is -0.148. The van der Waals surface area contributed by atoms with Crippen LogP contribution in [0.1, 0.15) is 12.5 Å². The van der Waals surface area contributed by atoms with Crippen molar-refractivity contribution in [1.29, 1.82) is 5.26 Å². The number of carbonyl (C=O) groups is 2. The van der Waals surface area contributed by atoms with Gasteiger partial charge in [-0.3, -0.25) is 4.79 Å². The number of carbonyl (C=O) groups excluding carboxylic acids is 2. The fourth-order valence-electron chi connectivity index (χ4n) is 2.25. The van der Waals surface area contributed by atoms with Crippen molar-refractivity contribution in [3.8, 4) is 17.6 Å². The van der Waals surface area contributed by atoms with E-state index in [1.807, 2.05) is 6.07 Å². The summed E-state index contributed by atoms with van der Waals surface area (Å²) in [5.74, 6) is -1.20. The van der Waals surface area contributed by atoms with Crippen LogP contribution in [0, 0.1) is 17.1 Å². The fourth-order valence-corrected chi connectivity index (χ4v) is 2.25. The van der Waals surface area contributed by atoms with Crippen LogP contribution in [0.3, 0.4) is 0 Å². The van der Waals surface area contributed by atoms with Crippen molar-refractivity contribution >= 4 is 23.6 Å². The maximum atomic E-state index is 13.6. The second kappa shape index (κ2) is 10.5. The van der Waals surface area contributed by atoms with E-state index in [0.29, 0.717) is 17.1 Å². The Bertz CT molecular complexity index is 952. The molecule has 1 N–H and O–H groups in total. The molecule has 0 bridgehead atoms. The molecule has 0 aliphatic carbocycles. The molecule has 8 heteroatoms. The van der Waals surface area contributed by atoms with Crippen LogP contribution in [0.15, 0.2) is 48.5 Å². The summed E-state index contributed by atoms with van der Waals surface area (Å²) in [6, 6.07) is 12.4. The molecule has 0 fully saturated rings. The number of benzene rings is 2. The Balaban J connectivity index is 1.95. The molecule has 2 aromatic rings. The maximum absolute atomic E-state index is 13.6. The summed E-state index contributed by atoms with van der Waals surface area (Å²) in [5.41, 5.74) is 0.619. The third-order valence-electron chi connectivity index (χ3n) is 3.69. The monoisotopic (exact) mass is 398 g/mol. The summed E-state index contributed by atoms with van der Waals surface area (Å²) in [6.45, 7) is 1.26. The smallest absolute Gasteiger partial charge is 0.331 e. The van der Waals surface area contributed by atoms with E-state index < -0.39 is 23.8 Å². The molecule has 150 valence electrons. The Hall–Kier alpha value is -3.86. The summed E-state index contributed by atoms with van der Waals surface area (Å²) in [5, 5.41) is 10.9. The molecule has 2 rings (SSSR count). The number of hydrogen-bond acceptors (Lipinski definition) is 6. The molecule has 1 amide bonds. The second-order valence-corrected chi connectivity index (χ2v) is 5.74. The number of anilines is 1. The highest BCUT2D eigenvalue weighted by Crippen LogP contribution is 2.28. The molecular weight excluding hydrogens is 379 g/mol. The topological polar surface area (TPSA) is 97.7 Å². The van der Waals surface area contributed by atoms with Gasteiger partial charge in [-0.2, -0.15) is 5.26 Å². The van der Waals surface area contributed by atoms with Gasteiger partial charge in [0.1, 0.15) is 11.9 Å². The summed E-state index contributed by atoms with van der Waals surface area (Å²) < 4.78 is 29.0. The number of amides is 1. The first-order valence-corrected chi connectivity index (χ1v) is 8.56. The third-order valence-corrected chi connectivity index (χ3v) is 3.69. The lowest BCUT2D eigenvalue weighted by atomic mass is 10.2. The van der Waals surface area contributed by atoms with Crippen LogP contribution in [0.5, 0.6) is 11.5 Å². The number of hydrogen-bond donors (Lipinski definition) is 1. The predicted octanol–water partition coefficient (Wildman–Crippen LogP) is 3.32. The normalized spacial score (nSPS) is 11.4. The molecule has 0 saturated heterocycles.